The monoisotopic (exact) mass is 321 g/mol. The highest BCUT2D eigenvalue weighted by molar-refractivity contribution is 7.98. The maximum Gasteiger partial charge on any atom is 0.119 e. The number of pyridine rings is 1. The summed E-state index contributed by atoms with van der Waals surface area (Å²) in [6, 6.07) is 14.4. The van der Waals surface area contributed by atoms with Crippen molar-refractivity contribution in [2.24, 2.45) is 0 Å². The zero-order valence-corrected chi connectivity index (χ0v) is 14.4. The van der Waals surface area contributed by atoms with Gasteiger partial charge in [-0.15, -0.1) is 10.2 Å². The second kappa shape index (κ2) is 6.92. The minimum atomic E-state index is 0.803. The van der Waals surface area contributed by atoms with Gasteiger partial charge in [0.1, 0.15) is 5.03 Å². The SMILES string of the molecule is Cc1cc(C)c(-c2ccc(SCc3ccccn3)nn2)cc1C. The molecule has 116 valence electrons. The molecule has 3 rings (SSSR count). The minimum absolute atomic E-state index is 0.803. The quantitative estimate of drug-likeness (QED) is 0.650. The van der Waals surface area contributed by atoms with Crippen LogP contribution in [0.3, 0.4) is 0 Å². The van der Waals surface area contributed by atoms with Crippen molar-refractivity contribution in [3.8, 4) is 11.3 Å². The molecule has 3 nitrogen and oxygen atoms in total. The Morgan fingerprint density at radius 1 is 0.870 bits per heavy atom. The number of nitrogens with zero attached hydrogens (tertiary/aromatic N) is 3. The fourth-order valence-corrected chi connectivity index (χ4v) is 3.14. The summed E-state index contributed by atoms with van der Waals surface area (Å²) in [5, 5.41) is 9.67. The summed E-state index contributed by atoms with van der Waals surface area (Å²) in [6.45, 7) is 6.38. The van der Waals surface area contributed by atoms with E-state index in [0.717, 1.165) is 27.7 Å². The number of aromatic nitrogens is 3. The Balaban J connectivity index is 1.76. The summed E-state index contributed by atoms with van der Waals surface area (Å²) in [6.07, 6.45) is 1.81. The molecular formula is C19H19N3S. The van der Waals surface area contributed by atoms with Gasteiger partial charge in [-0.2, -0.15) is 0 Å². The topological polar surface area (TPSA) is 38.7 Å². The van der Waals surface area contributed by atoms with Gasteiger partial charge in [0.15, 0.2) is 0 Å². The predicted octanol–water partition coefficient (Wildman–Crippen LogP) is 4.76. The molecule has 1 aromatic carbocycles. The van der Waals surface area contributed by atoms with E-state index in [1.165, 1.54) is 16.7 Å². The van der Waals surface area contributed by atoms with Gasteiger partial charge in [0.05, 0.1) is 11.4 Å². The highest BCUT2D eigenvalue weighted by Gasteiger charge is 2.07. The van der Waals surface area contributed by atoms with Gasteiger partial charge in [-0.05, 0) is 67.8 Å². The van der Waals surface area contributed by atoms with Crippen LogP contribution in [0.5, 0.6) is 0 Å². The number of hydrogen-bond acceptors (Lipinski definition) is 4. The van der Waals surface area contributed by atoms with E-state index >= 15 is 0 Å². The largest absolute Gasteiger partial charge is 0.260 e. The number of hydrogen-bond donors (Lipinski definition) is 0. The van der Waals surface area contributed by atoms with Gasteiger partial charge in [-0.25, -0.2) is 0 Å². The van der Waals surface area contributed by atoms with E-state index in [2.05, 4.69) is 48.1 Å². The fraction of sp³-hybridized carbons (Fsp3) is 0.211. The molecule has 2 heterocycles. The van der Waals surface area contributed by atoms with Crippen molar-refractivity contribution in [1.82, 2.24) is 15.2 Å². The molecule has 0 aliphatic carbocycles. The normalized spacial score (nSPS) is 10.7. The van der Waals surface area contributed by atoms with Crippen LogP contribution in [0.15, 0.2) is 53.7 Å². The molecule has 0 saturated heterocycles. The first-order chi connectivity index (χ1) is 11.1. The van der Waals surface area contributed by atoms with Gasteiger partial charge < -0.3 is 0 Å². The lowest BCUT2D eigenvalue weighted by Crippen LogP contribution is -1.94. The van der Waals surface area contributed by atoms with E-state index in [4.69, 9.17) is 0 Å². The zero-order valence-electron chi connectivity index (χ0n) is 13.6. The second-order valence-electron chi connectivity index (χ2n) is 5.62. The Morgan fingerprint density at radius 2 is 1.70 bits per heavy atom. The first-order valence-corrected chi connectivity index (χ1v) is 8.57. The molecule has 0 amide bonds. The molecule has 0 fully saturated rings. The van der Waals surface area contributed by atoms with Crippen molar-refractivity contribution < 1.29 is 0 Å². The summed E-state index contributed by atoms with van der Waals surface area (Å²) in [5.41, 5.74) is 6.95. The third-order valence-corrected chi connectivity index (χ3v) is 4.80. The van der Waals surface area contributed by atoms with Crippen LogP contribution in [-0.2, 0) is 5.75 Å². The summed E-state index contributed by atoms with van der Waals surface area (Å²) in [5.74, 6) is 0.803. The molecule has 4 heteroatoms. The van der Waals surface area contributed by atoms with Crippen molar-refractivity contribution in [3.63, 3.8) is 0 Å². The number of rotatable bonds is 4. The predicted molar refractivity (Wildman–Crippen MR) is 95.5 cm³/mol. The zero-order chi connectivity index (χ0) is 16.2. The lowest BCUT2D eigenvalue weighted by molar-refractivity contribution is 0.933. The Labute approximate surface area is 141 Å². The molecule has 0 aliphatic heterocycles. The first kappa shape index (κ1) is 15.7. The number of benzene rings is 1. The molecule has 23 heavy (non-hydrogen) atoms. The number of aryl methyl sites for hydroxylation is 3. The molecule has 0 N–H and O–H groups in total. The van der Waals surface area contributed by atoms with E-state index in [0.29, 0.717) is 0 Å². The Kier molecular flexibility index (Phi) is 4.72. The fourth-order valence-electron chi connectivity index (χ4n) is 2.41. The lowest BCUT2D eigenvalue weighted by atomic mass is 9.99. The summed E-state index contributed by atoms with van der Waals surface area (Å²) in [4.78, 5) is 4.32. The summed E-state index contributed by atoms with van der Waals surface area (Å²) < 4.78 is 0. The Hall–Kier alpha value is -2.20. The van der Waals surface area contributed by atoms with Gasteiger partial charge in [0.2, 0.25) is 0 Å². The number of thioether (sulfide) groups is 1. The molecule has 2 aromatic heterocycles. The van der Waals surface area contributed by atoms with Crippen LogP contribution in [-0.4, -0.2) is 15.2 Å². The van der Waals surface area contributed by atoms with Crippen molar-refractivity contribution in [2.45, 2.75) is 31.6 Å². The molecular weight excluding hydrogens is 302 g/mol. The lowest BCUT2D eigenvalue weighted by Gasteiger charge is -2.09. The molecule has 0 aliphatic rings. The minimum Gasteiger partial charge on any atom is -0.260 e. The van der Waals surface area contributed by atoms with Crippen LogP contribution in [0.1, 0.15) is 22.4 Å². The molecule has 0 atom stereocenters. The standard InChI is InChI=1S/C19H19N3S/c1-13-10-15(3)17(11-14(13)2)18-7-8-19(22-21-18)23-12-16-6-4-5-9-20-16/h4-11H,12H2,1-3H3. The highest BCUT2D eigenvalue weighted by Crippen LogP contribution is 2.26. The van der Waals surface area contributed by atoms with Crippen molar-refractivity contribution in [3.05, 3.63) is 71.0 Å². The molecule has 3 aromatic rings. The van der Waals surface area contributed by atoms with Crippen molar-refractivity contribution in [1.29, 1.82) is 0 Å². The molecule has 0 unspecified atom stereocenters. The van der Waals surface area contributed by atoms with Crippen LogP contribution >= 0.6 is 11.8 Å². The maximum atomic E-state index is 4.40. The van der Waals surface area contributed by atoms with Crippen LogP contribution < -0.4 is 0 Å². The highest BCUT2D eigenvalue weighted by atomic mass is 32.2. The van der Waals surface area contributed by atoms with Crippen LogP contribution in [0.2, 0.25) is 0 Å². The van der Waals surface area contributed by atoms with Crippen molar-refractivity contribution in [2.75, 3.05) is 0 Å². The van der Waals surface area contributed by atoms with E-state index < -0.39 is 0 Å². The van der Waals surface area contributed by atoms with Crippen LogP contribution in [0, 0.1) is 20.8 Å². The average Bonchev–Trinajstić information content (AvgIpc) is 2.58. The van der Waals surface area contributed by atoms with E-state index in [1.807, 2.05) is 36.5 Å². The molecule has 0 spiro atoms. The third-order valence-electron chi connectivity index (χ3n) is 3.85. The maximum absolute atomic E-state index is 4.40. The van der Waals surface area contributed by atoms with Gasteiger partial charge in [-0.3, -0.25) is 4.98 Å². The first-order valence-electron chi connectivity index (χ1n) is 7.58. The molecule has 0 saturated carbocycles. The van der Waals surface area contributed by atoms with Gasteiger partial charge in [0.25, 0.3) is 0 Å². The Bertz CT molecular complexity index is 799. The van der Waals surface area contributed by atoms with Gasteiger partial charge in [0, 0.05) is 17.5 Å². The van der Waals surface area contributed by atoms with Crippen molar-refractivity contribution >= 4 is 11.8 Å². The third kappa shape index (κ3) is 3.77. The summed E-state index contributed by atoms with van der Waals surface area (Å²) >= 11 is 1.65. The molecule has 0 bridgehead atoms. The van der Waals surface area contributed by atoms with Gasteiger partial charge in [-0.1, -0.05) is 23.9 Å². The second-order valence-corrected chi connectivity index (χ2v) is 6.61. The smallest absolute Gasteiger partial charge is 0.119 e. The van der Waals surface area contributed by atoms with E-state index in [9.17, 15) is 0 Å². The van der Waals surface area contributed by atoms with Crippen LogP contribution in [0.25, 0.3) is 11.3 Å². The van der Waals surface area contributed by atoms with Gasteiger partial charge >= 0.3 is 0 Å². The van der Waals surface area contributed by atoms with Crippen LogP contribution in [0.4, 0.5) is 0 Å². The van der Waals surface area contributed by atoms with E-state index in [1.54, 1.807) is 11.8 Å². The average molecular weight is 321 g/mol. The van der Waals surface area contributed by atoms with E-state index in [-0.39, 0.29) is 0 Å². The Morgan fingerprint density at radius 3 is 2.39 bits per heavy atom. The molecule has 0 radical (unpaired) electrons. The summed E-state index contributed by atoms with van der Waals surface area (Å²) in [7, 11) is 0.